The Balaban J connectivity index is 3.44. The van der Waals surface area contributed by atoms with Crippen LogP contribution in [0.15, 0.2) is 0 Å². The zero-order valence-corrected chi connectivity index (χ0v) is 11.7. The van der Waals surface area contributed by atoms with E-state index in [0.29, 0.717) is 6.61 Å². The Morgan fingerprint density at radius 1 is 1.33 bits per heavy atom. The summed E-state index contributed by atoms with van der Waals surface area (Å²) in [7, 11) is 0. The van der Waals surface area contributed by atoms with Gasteiger partial charge in [0, 0.05) is 6.61 Å². The van der Waals surface area contributed by atoms with Gasteiger partial charge in [-0.3, -0.25) is 4.79 Å². The Morgan fingerprint density at radius 2 is 2.00 bits per heavy atom. The maximum absolute atomic E-state index is 10.5. The molecule has 0 bridgehead atoms. The normalized spacial score (nSPS) is 11.7. The van der Waals surface area contributed by atoms with E-state index in [-0.39, 0.29) is 11.8 Å². The molecule has 0 aromatic rings. The first kappa shape index (κ1) is 15.2. The van der Waals surface area contributed by atoms with E-state index in [9.17, 15) is 4.79 Å². The zero-order chi connectivity index (χ0) is 11.7. The maximum atomic E-state index is 10.5. The van der Waals surface area contributed by atoms with E-state index in [4.69, 9.17) is 9.84 Å². The molecule has 0 amide bonds. The summed E-state index contributed by atoms with van der Waals surface area (Å²) in [6, 6.07) is 0. The summed E-state index contributed by atoms with van der Waals surface area (Å²) in [5.41, 5.74) is -0.255. The fraction of sp³-hybridized carbons (Fsp3) is 0.909. The van der Waals surface area contributed by atoms with Crippen molar-refractivity contribution in [3.05, 3.63) is 0 Å². The molecule has 0 radical (unpaired) electrons. The van der Waals surface area contributed by atoms with E-state index in [1.807, 2.05) is 13.8 Å². The number of carboxylic acids is 1. The quantitative estimate of drug-likeness (QED) is 0.402. The Labute approximate surface area is 106 Å². The second kappa shape index (κ2) is 8.33. The number of unbranched alkanes of at least 4 members (excludes halogenated alkanes) is 2. The molecule has 4 heteroatoms. The predicted octanol–water partition coefficient (Wildman–Crippen LogP) is 3.11. The minimum atomic E-state index is -0.756. The molecule has 0 aromatic carbocycles. The van der Waals surface area contributed by atoms with Crippen LogP contribution in [0.1, 0.15) is 39.5 Å². The van der Waals surface area contributed by atoms with Gasteiger partial charge in [-0.2, -0.15) is 0 Å². The summed E-state index contributed by atoms with van der Waals surface area (Å²) in [6.07, 6.45) is 3.68. The van der Waals surface area contributed by atoms with Crippen LogP contribution in [0.4, 0.5) is 0 Å². The first-order chi connectivity index (χ1) is 6.98. The summed E-state index contributed by atoms with van der Waals surface area (Å²) >= 11 is 2.37. The number of ether oxygens (including phenoxy) is 1. The summed E-state index contributed by atoms with van der Waals surface area (Å²) in [5, 5.41) is 8.67. The molecular weight excluding hydrogens is 307 g/mol. The third kappa shape index (κ3) is 10.4. The number of hydrogen-bond donors (Lipinski definition) is 1. The highest BCUT2D eigenvalue weighted by Crippen LogP contribution is 2.20. The molecule has 0 spiro atoms. The molecule has 0 rings (SSSR count). The van der Waals surface area contributed by atoms with Gasteiger partial charge in [0.05, 0.1) is 13.0 Å². The Morgan fingerprint density at radius 3 is 2.53 bits per heavy atom. The van der Waals surface area contributed by atoms with Gasteiger partial charge < -0.3 is 9.84 Å². The Hall–Kier alpha value is 0.160. The van der Waals surface area contributed by atoms with E-state index in [1.54, 1.807) is 0 Å². The summed E-state index contributed by atoms with van der Waals surface area (Å²) in [4.78, 5) is 10.5. The van der Waals surface area contributed by atoms with Gasteiger partial charge in [-0.05, 0) is 22.7 Å². The highest BCUT2D eigenvalue weighted by molar-refractivity contribution is 14.1. The molecule has 0 saturated heterocycles. The van der Waals surface area contributed by atoms with E-state index in [1.165, 1.54) is 17.3 Å². The molecule has 0 aliphatic carbocycles. The van der Waals surface area contributed by atoms with Crippen molar-refractivity contribution >= 4 is 28.6 Å². The van der Waals surface area contributed by atoms with Crippen LogP contribution >= 0.6 is 22.6 Å². The third-order valence-corrected chi connectivity index (χ3v) is 2.81. The van der Waals surface area contributed by atoms with E-state index < -0.39 is 5.97 Å². The molecule has 0 atom stereocenters. The van der Waals surface area contributed by atoms with Gasteiger partial charge in [-0.1, -0.05) is 42.9 Å². The van der Waals surface area contributed by atoms with Crippen molar-refractivity contribution in [2.45, 2.75) is 39.5 Å². The molecule has 1 N–H and O–H groups in total. The van der Waals surface area contributed by atoms with Crippen molar-refractivity contribution in [2.24, 2.45) is 5.41 Å². The average Bonchev–Trinajstić information content (AvgIpc) is 2.08. The number of rotatable bonds is 9. The van der Waals surface area contributed by atoms with Crippen LogP contribution in [0, 0.1) is 5.41 Å². The second-order valence-electron chi connectivity index (χ2n) is 4.54. The summed E-state index contributed by atoms with van der Waals surface area (Å²) in [5.74, 6) is -0.756. The molecule has 15 heavy (non-hydrogen) atoms. The molecule has 0 unspecified atom stereocenters. The number of halogens is 1. The van der Waals surface area contributed by atoms with Gasteiger partial charge in [-0.15, -0.1) is 0 Å². The first-order valence-corrected chi connectivity index (χ1v) is 6.86. The average molecular weight is 328 g/mol. The van der Waals surface area contributed by atoms with Crippen LogP contribution in [0.25, 0.3) is 0 Å². The molecule has 0 heterocycles. The molecular formula is C11H21IO3. The van der Waals surface area contributed by atoms with Crippen LogP contribution in [-0.2, 0) is 9.53 Å². The predicted molar refractivity (Wildman–Crippen MR) is 69.6 cm³/mol. The molecule has 3 nitrogen and oxygen atoms in total. The Bertz CT molecular complexity index is 181. The fourth-order valence-electron chi connectivity index (χ4n) is 1.28. The fourth-order valence-corrected chi connectivity index (χ4v) is 1.82. The van der Waals surface area contributed by atoms with E-state index >= 15 is 0 Å². The molecule has 90 valence electrons. The Kier molecular flexibility index (Phi) is 8.42. The monoisotopic (exact) mass is 328 g/mol. The van der Waals surface area contributed by atoms with Gasteiger partial charge in [0.1, 0.15) is 0 Å². The van der Waals surface area contributed by atoms with Crippen LogP contribution in [-0.4, -0.2) is 28.7 Å². The van der Waals surface area contributed by atoms with Crippen molar-refractivity contribution in [1.29, 1.82) is 0 Å². The molecule has 0 aromatic heterocycles. The molecule has 0 aliphatic heterocycles. The van der Waals surface area contributed by atoms with Crippen LogP contribution in [0.2, 0.25) is 0 Å². The summed E-state index contributed by atoms with van der Waals surface area (Å²) < 4.78 is 6.68. The smallest absolute Gasteiger partial charge is 0.303 e. The summed E-state index contributed by atoms with van der Waals surface area (Å²) in [6.45, 7) is 5.13. The lowest BCUT2D eigenvalue weighted by molar-refractivity contribution is -0.140. The van der Waals surface area contributed by atoms with Crippen molar-refractivity contribution in [1.82, 2.24) is 0 Å². The molecule has 0 aliphatic rings. The zero-order valence-electron chi connectivity index (χ0n) is 9.59. The standard InChI is InChI=1S/C11H21IO3/c1-11(2,8-10(13)14)9-15-7-5-3-4-6-12/h3-9H2,1-2H3,(H,13,14). The highest BCUT2D eigenvalue weighted by Gasteiger charge is 2.21. The van der Waals surface area contributed by atoms with E-state index in [2.05, 4.69) is 22.6 Å². The van der Waals surface area contributed by atoms with Crippen molar-refractivity contribution < 1.29 is 14.6 Å². The molecule has 0 saturated carbocycles. The number of alkyl halides is 1. The van der Waals surface area contributed by atoms with Gasteiger partial charge in [-0.25, -0.2) is 0 Å². The first-order valence-electron chi connectivity index (χ1n) is 5.33. The number of carbonyl (C=O) groups is 1. The van der Waals surface area contributed by atoms with Crippen molar-refractivity contribution in [2.75, 3.05) is 17.6 Å². The third-order valence-electron chi connectivity index (χ3n) is 2.04. The lowest BCUT2D eigenvalue weighted by atomic mass is 9.91. The lowest BCUT2D eigenvalue weighted by Crippen LogP contribution is -2.23. The largest absolute Gasteiger partial charge is 0.481 e. The number of carboxylic acid groups (broad SMARTS) is 1. The van der Waals surface area contributed by atoms with E-state index in [0.717, 1.165) is 13.0 Å². The SMILES string of the molecule is CC(C)(COCCCCCI)CC(=O)O. The van der Waals surface area contributed by atoms with Crippen LogP contribution in [0.5, 0.6) is 0 Å². The lowest BCUT2D eigenvalue weighted by Gasteiger charge is -2.21. The minimum absolute atomic E-state index is 0.167. The van der Waals surface area contributed by atoms with Gasteiger partial charge in [0.2, 0.25) is 0 Å². The van der Waals surface area contributed by atoms with Gasteiger partial charge in [0.15, 0.2) is 0 Å². The van der Waals surface area contributed by atoms with Crippen molar-refractivity contribution in [3.63, 3.8) is 0 Å². The van der Waals surface area contributed by atoms with Crippen LogP contribution in [0.3, 0.4) is 0 Å². The minimum Gasteiger partial charge on any atom is -0.481 e. The topological polar surface area (TPSA) is 46.5 Å². The van der Waals surface area contributed by atoms with Crippen LogP contribution < -0.4 is 0 Å². The maximum Gasteiger partial charge on any atom is 0.303 e. The number of hydrogen-bond acceptors (Lipinski definition) is 2. The van der Waals surface area contributed by atoms with Gasteiger partial charge in [0.25, 0.3) is 0 Å². The highest BCUT2D eigenvalue weighted by atomic mass is 127. The second-order valence-corrected chi connectivity index (χ2v) is 5.62. The molecule has 0 fully saturated rings. The van der Waals surface area contributed by atoms with Gasteiger partial charge >= 0.3 is 5.97 Å². The van der Waals surface area contributed by atoms with Crippen molar-refractivity contribution in [3.8, 4) is 0 Å². The number of aliphatic carboxylic acids is 1.